The molecule has 0 saturated heterocycles. The van der Waals surface area contributed by atoms with Crippen LogP contribution in [0.5, 0.6) is 5.75 Å². The maximum Gasteiger partial charge on any atom is 0.334 e. The highest BCUT2D eigenvalue weighted by molar-refractivity contribution is 6.30. The predicted octanol–water partition coefficient (Wildman–Crippen LogP) is 4.19. The van der Waals surface area contributed by atoms with Crippen molar-refractivity contribution in [3.8, 4) is 16.9 Å². The molecule has 0 fully saturated rings. The molecule has 0 unspecified atom stereocenters. The molecule has 2 N–H and O–H groups in total. The molecular formula is C18H13ClF3N7O. The van der Waals surface area contributed by atoms with Crippen LogP contribution in [-0.4, -0.2) is 29.7 Å². The van der Waals surface area contributed by atoms with Crippen LogP contribution < -0.4 is 10.5 Å². The molecular weight excluding hydrogens is 423 g/mol. The van der Waals surface area contributed by atoms with E-state index >= 15 is 4.39 Å². The molecule has 3 heterocycles. The highest BCUT2D eigenvalue weighted by Gasteiger charge is 2.22. The van der Waals surface area contributed by atoms with Crippen LogP contribution in [0.4, 0.5) is 19.0 Å². The molecule has 0 radical (unpaired) electrons. The van der Waals surface area contributed by atoms with Gasteiger partial charge in [0.15, 0.2) is 11.9 Å². The van der Waals surface area contributed by atoms with E-state index in [4.69, 9.17) is 22.1 Å². The molecule has 0 saturated carbocycles. The largest absolute Gasteiger partial charge is 0.482 e. The van der Waals surface area contributed by atoms with Gasteiger partial charge in [-0.3, -0.25) is 4.98 Å². The van der Waals surface area contributed by atoms with Gasteiger partial charge in [0, 0.05) is 29.6 Å². The van der Waals surface area contributed by atoms with Gasteiger partial charge in [-0.2, -0.15) is 13.5 Å². The fourth-order valence-electron chi connectivity index (χ4n) is 2.93. The van der Waals surface area contributed by atoms with Crippen LogP contribution in [0, 0.1) is 5.82 Å². The average molecular weight is 436 g/mol. The van der Waals surface area contributed by atoms with Gasteiger partial charge in [-0.05, 0) is 13.0 Å². The minimum atomic E-state index is -2.84. The van der Waals surface area contributed by atoms with E-state index in [0.29, 0.717) is 15.3 Å². The fourth-order valence-corrected chi connectivity index (χ4v) is 3.11. The SMILES string of the molecule is C[C@@H](Oc1cc(F)c(-c2cncc(Cl)c2)c2ncnc(N)c12)c1ncn(C(F)F)n1. The second-order valence-corrected chi connectivity index (χ2v) is 6.66. The van der Waals surface area contributed by atoms with Crippen molar-refractivity contribution in [1.82, 2.24) is 29.7 Å². The molecule has 3 aromatic heterocycles. The molecule has 0 aliphatic carbocycles. The molecule has 8 nitrogen and oxygen atoms in total. The Kier molecular flexibility index (Phi) is 5.12. The van der Waals surface area contributed by atoms with Gasteiger partial charge in [0.1, 0.15) is 30.0 Å². The third-order valence-corrected chi connectivity index (χ3v) is 4.45. The lowest BCUT2D eigenvalue weighted by atomic mass is 10.0. The van der Waals surface area contributed by atoms with Crippen LogP contribution in [0.25, 0.3) is 22.0 Å². The smallest absolute Gasteiger partial charge is 0.334 e. The van der Waals surface area contributed by atoms with Gasteiger partial charge in [-0.1, -0.05) is 11.6 Å². The molecule has 4 aromatic rings. The molecule has 30 heavy (non-hydrogen) atoms. The van der Waals surface area contributed by atoms with Gasteiger partial charge < -0.3 is 10.5 Å². The number of ether oxygens (including phenoxy) is 1. The topological polar surface area (TPSA) is 105 Å². The van der Waals surface area contributed by atoms with E-state index in [9.17, 15) is 8.78 Å². The van der Waals surface area contributed by atoms with E-state index in [0.717, 1.165) is 12.4 Å². The van der Waals surface area contributed by atoms with Crippen molar-refractivity contribution in [2.75, 3.05) is 5.73 Å². The minimum Gasteiger partial charge on any atom is -0.482 e. The lowest BCUT2D eigenvalue weighted by molar-refractivity contribution is 0.0550. The average Bonchev–Trinajstić information content (AvgIpc) is 3.18. The van der Waals surface area contributed by atoms with Gasteiger partial charge in [0.05, 0.1) is 15.9 Å². The zero-order chi connectivity index (χ0) is 21.4. The van der Waals surface area contributed by atoms with Crippen molar-refractivity contribution >= 4 is 28.3 Å². The molecule has 0 spiro atoms. The minimum absolute atomic E-state index is 0.0117. The summed E-state index contributed by atoms with van der Waals surface area (Å²) in [5, 5.41) is 4.22. The van der Waals surface area contributed by atoms with Crippen molar-refractivity contribution in [3.63, 3.8) is 0 Å². The summed E-state index contributed by atoms with van der Waals surface area (Å²) in [7, 11) is 0. The summed E-state index contributed by atoms with van der Waals surface area (Å²) in [4.78, 5) is 15.9. The van der Waals surface area contributed by atoms with Crippen LogP contribution in [0.1, 0.15) is 25.4 Å². The number of nitrogens with zero attached hydrogens (tertiary/aromatic N) is 6. The second kappa shape index (κ2) is 7.75. The molecule has 154 valence electrons. The Hall–Kier alpha value is -3.47. The molecule has 4 rings (SSSR count). The Balaban J connectivity index is 1.82. The van der Waals surface area contributed by atoms with Gasteiger partial charge in [-0.15, -0.1) is 5.10 Å². The molecule has 0 amide bonds. The molecule has 0 bridgehead atoms. The van der Waals surface area contributed by atoms with Gasteiger partial charge >= 0.3 is 6.55 Å². The van der Waals surface area contributed by atoms with E-state index in [-0.39, 0.29) is 33.9 Å². The maximum atomic E-state index is 15.1. The number of pyridine rings is 1. The standard InChI is InChI=1S/C18H13ClF3N7O/c1-8(17-27-7-29(28-17)18(21)22)30-12-3-11(20)13(9-2-10(19)5-24-4-9)15-14(12)16(23)26-6-25-15/h2-8,18H,1H3,(H2,23,25,26)/t8-/m1/s1. The number of aromatic nitrogens is 6. The summed E-state index contributed by atoms with van der Waals surface area (Å²) in [6, 6.07) is 2.65. The summed E-state index contributed by atoms with van der Waals surface area (Å²) < 4.78 is 46.7. The first-order chi connectivity index (χ1) is 14.3. The maximum absolute atomic E-state index is 15.1. The number of halogens is 4. The number of benzene rings is 1. The van der Waals surface area contributed by atoms with Crippen LogP contribution in [-0.2, 0) is 0 Å². The first-order valence-corrected chi connectivity index (χ1v) is 8.92. The van der Waals surface area contributed by atoms with Crippen molar-refractivity contribution < 1.29 is 17.9 Å². The zero-order valence-electron chi connectivity index (χ0n) is 15.3. The molecule has 1 aromatic carbocycles. The van der Waals surface area contributed by atoms with Crippen LogP contribution >= 0.6 is 11.6 Å². The van der Waals surface area contributed by atoms with Crippen molar-refractivity contribution in [3.05, 3.63) is 53.8 Å². The fraction of sp³-hybridized carbons (Fsp3) is 0.167. The van der Waals surface area contributed by atoms with Crippen LogP contribution in [0.2, 0.25) is 5.02 Å². The summed E-state index contributed by atoms with van der Waals surface area (Å²) in [5.74, 6) is -0.620. The second-order valence-electron chi connectivity index (χ2n) is 6.23. The highest BCUT2D eigenvalue weighted by atomic mass is 35.5. The Morgan fingerprint density at radius 3 is 2.67 bits per heavy atom. The van der Waals surface area contributed by atoms with Crippen molar-refractivity contribution in [1.29, 1.82) is 0 Å². The number of fused-ring (bicyclic) bond motifs is 1. The van der Waals surface area contributed by atoms with Crippen molar-refractivity contribution in [2.24, 2.45) is 0 Å². The summed E-state index contributed by atoms with van der Waals surface area (Å²) in [6.07, 6.45) is 4.04. The van der Waals surface area contributed by atoms with E-state index in [1.807, 2.05) is 0 Å². The number of anilines is 1. The quantitative estimate of drug-likeness (QED) is 0.501. The number of rotatable bonds is 5. The number of hydrogen-bond donors (Lipinski definition) is 1. The Morgan fingerprint density at radius 2 is 1.97 bits per heavy atom. The van der Waals surface area contributed by atoms with E-state index < -0.39 is 18.5 Å². The first kappa shape index (κ1) is 19.8. The number of alkyl halides is 2. The van der Waals surface area contributed by atoms with Gasteiger partial charge in [0.25, 0.3) is 0 Å². The van der Waals surface area contributed by atoms with Crippen LogP contribution in [0.3, 0.4) is 0 Å². The molecule has 1 atom stereocenters. The Bertz CT molecular complexity index is 1230. The number of hydrogen-bond acceptors (Lipinski definition) is 7. The molecule has 0 aliphatic rings. The monoisotopic (exact) mass is 435 g/mol. The van der Waals surface area contributed by atoms with E-state index in [1.165, 1.54) is 31.7 Å². The Morgan fingerprint density at radius 1 is 1.17 bits per heavy atom. The third-order valence-electron chi connectivity index (χ3n) is 4.24. The predicted molar refractivity (Wildman–Crippen MR) is 102 cm³/mol. The highest BCUT2D eigenvalue weighted by Crippen LogP contribution is 2.39. The number of nitrogen functional groups attached to an aromatic ring is 1. The summed E-state index contributed by atoms with van der Waals surface area (Å²) >= 11 is 5.99. The van der Waals surface area contributed by atoms with E-state index in [1.54, 1.807) is 0 Å². The lowest BCUT2D eigenvalue weighted by Gasteiger charge is -2.17. The zero-order valence-corrected chi connectivity index (χ0v) is 16.1. The van der Waals surface area contributed by atoms with E-state index in [2.05, 4.69) is 25.0 Å². The Labute approximate surface area is 172 Å². The molecule has 0 aliphatic heterocycles. The van der Waals surface area contributed by atoms with Gasteiger partial charge in [-0.25, -0.2) is 19.3 Å². The lowest BCUT2D eigenvalue weighted by Crippen LogP contribution is -2.09. The number of nitrogens with two attached hydrogens (primary N) is 1. The van der Waals surface area contributed by atoms with Crippen LogP contribution in [0.15, 0.2) is 37.2 Å². The molecule has 12 heteroatoms. The van der Waals surface area contributed by atoms with Crippen molar-refractivity contribution in [2.45, 2.75) is 19.6 Å². The third kappa shape index (κ3) is 3.59. The normalized spacial score (nSPS) is 12.5. The summed E-state index contributed by atoms with van der Waals surface area (Å²) in [5.41, 5.74) is 6.70. The first-order valence-electron chi connectivity index (χ1n) is 8.54. The van der Waals surface area contributed by atoms with Gasteiger partial charge in [0.2, 0.25) is 0 Å². The summed E-state index contributed by atoms with van der Waals surface area (Å²) in [6.45, 7) is -1.31.